The lowest BCUT2D eigenvalue weighted by Gasteiger charge is -2.38. The number of hydrogen-bond acceptors (Lipinski definition) is 3. The number of benzene rings is 1. The third kappa shape index (κ3) is 2.99. The van der Waals surface area contributed by atoms with Crippen LogP contribution in [0.25, 0.3) is 5.69 Å². The van der Waals surface area contributed by atoms with E-state index in [0.29, 0.717) is 17.1 Å². The maximum atomic E-state index is 12.9. The summed E-state index contributed by atoms with van der Waals surface area (Å²) in [5.41, 5.74) is 2.33. The van der Waals surface area contributed by atoms with Crippen LogP contribution in [-0.2, 0) is 0 Å². The summed E-state index contributed by atoms with van der Waals surface area (Å²) in [7, 11) is 0. The molecule has 0 saturated carbocycles. The van der Waals surface area contributed by atoms with Crippen LogP contribution in [0, 0.1) is 6.92 Å². The highest BCUT2D eigenvalue weighted by molar-refractivity contribution is 6.30. The third-order valence-corrected chi connectivity index (χ3v) is 4.82. The molecule has 1 N–H and O–H groups in total. The van der Waals surface area contributed by atoms with E-state index in [9.17, 15) is 4.79 Å². The first kappa shape index (κ1) is 16.0. The van der Waals surface area contributed by atoms with Gasteiger partial charge in [-0.15, -0.1) is 0 Å². The molecule has 6 heteroatoms. The zero-order valence-electron chi connectivity index (χ0n) is 13.6. The van der Waals surface area contributed by atoms with Crippen LogP contribution < -0.4 is 5.32 Å². The molecule has 0 bridgehead atoms. The molecule has 0 spiro atoms. The lowest BCUT2D eigenvalue weighted by atomic mass is 10.1. The summed E-state index contributed by atoms with van der Waals surface area (Å²) in [5, 5.41) is 8.42. The van der Waals surface area contributed by atoms with Gasteiger partial charge in [-0.05, 0) is 39.0 Å². The van der Waals surface area contributed by atoms with Crippen LogP contribution in [0.1, 0.15) is 29.9 Å². The van der Waals surface area contributed by atoms with E-state index in [1.165, 1.54) is 0 Å². The third-order valence-electron chi connectivity index (χ3n) is 4.59. The fourth-order valence-electron chi connectivity index (χ4n) is 2.99. The molecule has 1 aliphatic heterocycles. The van der Waals surface area contributed by atoms with Crippen molar-refractivity contribution in [3.8, 4) is 5.69 Å². The number of aromatic nitrogens is 2. The van der Waals surface area contributed by atoms with Gasteiger partial charge in [-0.2, -0.15) is 5.10 Å². The Morgan fingerprint density at radius 2 is 2.17 bits per heavy atom. The summed E-state index contributed by atoms with van der Waals surface area (Å²) < 4.78 is 1.76. The summed E-state index contributed by atoms with van der Waals surface area (Å²) >= 11 is 6.05. The minimum absolute atomic E-state index is 0.0385. The molecule has 5 nitrogen and oxygen atoms in total. The summed E-state index contributed by atoms with van der Waals surface area (Å²) in [6.07, 6.45) is 1.65. The number of carbonyl (C=O) groups excluding carboxylic acids is 1. The molecular formula is C17H21ClN4O. The van der Waals surface area contributed by atoms with Gasteiger partial charge in [0.2, 0.25) is 0 Å². The molecule has 1 saturated heterocycles. The Hall–Kier alpha value is -1.85. The molecule has 122 valence electrons. The van der Waals surface area contributed by atoms with E-state index in [4.69, 9.17) is 11.6 Å². The lowest BCUT2D eigenvalue weighted by Crippen LogP contribution is -2.57. The van der Waals surface area contributed by atoms with Crippen molar-refractivity contribution < 1.29 is 4.79 Å². The predicted molar refractivity (Wildman–Crippen MR) is 91.3 cm³/mol. The average molecular weight is 333 g/mol. The Bertz CT molecular complexity index is 727. The largest absolute Gasteiger partial charge is 0.333 e. The predicted octanol–water partition coefficient (Wildman–Crippen LogP) is 2.66. The van der Waals surface area contributed by atoms with Crippen molar-refractivity contribution in [2.75, 3.05) is 13.1 Å². The Kier molecular flexibility index (Phi) is 4.41. The van der Waals surface area contributed by atoms with Crippen LogP contribution in [0.3, 0.4) is 0 Å². The van der Waals surface area contributed by atoms with Crippen molar-refractivity contribution >= 4 is 17.5 Å². The molecule has 3 rings (SSSR count). The van der Waals surface area contributed by atoms with Crippen molar-refractivity contribution in [2.24, 2.45) is 0 Å². The number of amides is 1. The van der Waals surface area contributed by atoms with Crippen LogP contribution in [0.15, 0.2) is 30.5 Å². The Morgan fingerprint density at radius 3 is 2.91 bits per heavy atom. The standard InChI is InChI=1S/C17H21ClN4O/c1-11-12(2)21(8-7-19-11)17(23)16-10-20-22(13(16)3)15-6-4-5-14(18)9-15/h4-6,9-12,19H,7-8H2,1-3H3. The van der Waals surface area contributed by atoms with Crippen LogP contribution in [0.5, 0.6) is 0 Å². The van der Waals surface area contributed by atoms with Gasteiger partial charge in [-0.1, -0.05) is 17.7 Å². The Morgan fingerprint density at radius 1 is 1.39 bits per heavy atom. The van der Waals surface area contributed by atoms with E-state index in [-0.39, 0.29) is 18.0 Å². The van der Waals surface area contributed by atoms with Crippen LogP contribution >= 0.6 is 11.6 Å². The monoisotopic (exact) mass is 332 g/mol. The SMILES string of the molecule is Cc1c(C(=O)N2CCNC(C)C2C)cnn1-c1cccc(Cl)c1. The van der Waals surface area contributed by atoms with Crippen molar-refractivity contribution in [3.63, 3.8) is 0 Å². The highest BCUT2D eigenvalue weighted by atomic mass is 35.5. The second-order valence-electron chi connectivity index (χ2n) is 6.02. The average Bonchev–Trinajstić information content (AvgIpc) is 2.91. The van der Waals surface area contributed by atoms with Crippen LogP contribution in [0.2, 0.25) is 5.02 Å². The van der Waals surface area contributed by atoms with Gasteiger partial charge in [-0.3, -0.25) is 4.79 Å². The maximum Gasteiger partial charge on any atom is 0.257 e. The Labute approximate surface area is 141 Å². The topological polar surface area (TPSA) is 50.2 Å². The van der Waals surface area contributed by atoms with Gasteiger partial charge in [0.15, 0.2) is 0 Å². The minimum Gasteiger partial charge on any atom is -0.333 e. The first-order valence-corrected chi connectivity index (χ1v) is 8.21. The van der Waals surface area contributed by atoms with Gasteiger partial charge < -0.3 is 10.2 Å². The second-order valence-corrected chi connectivity index (χ2v) is 6.45. The summed E-state index contributed by atoms with van der Waals surface area (Å²) in [6.45, 7) is 7.63. The zero-order chi connectivity index (χ0) is 16.6. The highest BCUT2D eigenvalue weighted by Crippen LogP contribution is 2.20. The molecule has 2 aromatic rings. The quantitative estimate of drug-likeness (QED) is 0.919. The number of rotatable bonds is 2. The molecule has 1 aromatic heterocycles. The molecule has 1 aromatic carbocycles. The smallest absolute Gasteiger partial charge is 0.257 e. The Balaban J connectivity index is 1.91. The molecule has 2 heterocycles. The maximum absolute atomic E-state index is 12.9. The molecule has 0 aliphatic carbocycles. The lowest BCUT2D eigenvalue weighted by molar-refractivity contribution is 0.0602. The number of piperazine rings is 1. The van der Waals surface area contributed by atoms with Crippen molar-refractivity contribution in [1.82, 2.24) is 20.0 Å². The summed E-state index contributed by atoms with van der Waals surface area (Å²) in [5.74, 6) is 0.0385. The molecule has 0 radical (unpaired) electrons. The van der Waals surface area contributed by atoms with Gasteiger partial charge in [0, 0.05) is 30.2 Å². The van der Waals surface area contributed by atoms with Crippen molar-refractivity contribution in [1.29, 1.82) is 0 Å². The number of hydrogen-bond donors (Lipinski definition) is 1. The highest BCUT2D eigenvalue weighted by Gasteiger charge is 2.30. The second kappa shape index (κ2) is 6.34. The van der Waals surface area contributed by atoms with Crippen LogP contribution in [0.4, 0.5) is 0 Å². The number of nitrogens with zero attached hydrogens (tertiary/aromatic N) is 3. The van der Waals surface area contributed by atoms with Crippen LogP contribution in [-0.4, -0.2) is 45.8 Å². The number of nitrogens with one attached hydrogen (secondary N) is 1. The first-order chi connectivity index (χ1) is 11.0. The van der Waals surface area contributed by atoms with E-state index in [1.54, 1.807) is 10.9 Å². The first-order valence-electron chi connectivity index (χ1n) is 7.84. The van der Waals surface area contributed by atoms with Gasteiger partial charge in [-0.25, -0.2) is 4.68 Å². The van der Waals surface area contributed by atoms with E-state index < -0.39 is 0 Å². The van der Waals surface area contributed by atoms with E-state index in [2.05, 4.69) is 24.3 Å². The van der Waals surface area contributed by atoms with E-state index >= 15 is 0 Å². The number of halogens is 1. The number of carbonyl (C=O) groups is 1. The minimum atomic E-state index is 0.0385. The fourth-order valence-corrected chi connectivity index (χ4v) is 3.17. The fraction of sp³-hybridized carbons (Fsp3) is 0.412. The molecule has 1 aliphatic rings. The molecule has 2 unspecified atom stereocenters. The van der Waals surface area contributed by atoms with Crippen molar-refractivity contribution in [2.45, 2.75) is 32.9 Å². The summed E-state index contributed by atoms with van der Waals surface area (Å²) in [6, 6.07) is 7.90. The van der Waals surface area contributed by atoms with Crippen molar-refractivity contribution in [3.05, 3.63) is 46.7 Å². The van der Waals surface area contributed by atoms with E-state index in [1.807, 2.05) is 36.1 Å². The molecule has 2 atom stereocenters. The van der Waals surface area contributed by atoms with Gasteiger partial charge in [0.25, 0.3) is 5.91 Å². The van der Waals surface area contributed by atoms with Gasteiger partial charge in [0.05, 0.1) is 23.1 Å². The summed E-state index contributed by atoms with van der Waals surface area (Å²) in [4.78, 5) is 14.8. The molecule has 1 fully saturated rings. The normalized spacial score (nSPS) is 21.5. The van der Waals surface area contributed by atoms with Gasteiger partial charge >= 0.3 is 0 Å². The molecule has 23 heavy (non-hydrogen) atoms. The van der Waals surface area contributed by atoms with Gasteiger partial charge in [0.1, 0.15) is 0 Å². The molecule has 1 amide bonds. The zero-order valence-corrected chi connectivity index (χ0v) is 14.3. The molecular weight excluding hydrogens is 312 g/mol. The van der Waals surface area contributed by atoms with E-state index in [0.717, 1.165) is 17.9 Å².